The number of nitriles is 1. The topological polar surface area (TPSA) is 42.2 Å². The number of hydrogen-bond donors (Lipinski definition) is 0. The van der Waals surface area contributed by atoms with Crippen LogP contribution in [0.3, 0.4) is 0 Å². The average molecular weight is 313 g/mol. The van der Waals surface area contributed by atoms with Crippen molar-refractivity contribution >= 4 is 0 Å². The standard InChI is InChI=1S/C19H20FNO2/c1-3-14-11-15(7-8-19(14)22-2)16(13-21)9-10-23-18-6-4-5-17(20)12-18/h4-8,11-12,16H,3,9-10H2,1-2H3. The lowest BCUT2D eigenvalue weighted by Gasteiger charge is -2.14. The summed E-state index contributed by atoms with van der Waals surface area (Å²) in [6.45, 7) is 2.41. The van der Waals surface area contributed by atoms with Gasteiger partial charge in [0.25, 0.3) is 0 Å². The van der Waals surface area contributed by atoms with Crippen LogP contribution in [0.15, 0.2) is 42.5 Å². The van der Waals surface area contributed by atoms with Crippen molar-refractivity contribution in [1.29, 1.82) is 5.26 Å². The Bertz CT molecular complexity index is 694. The van der Waals surface area contributed by atoms with Crippen molar-refractivity contribution in [2.45, 2.75) is 25.7 Å². The molecule has 0 heterocycles. The first kappa shape index (κ1) is 16.8. The highest BCUT2D eigenvalue weighted by atomic mass is 19.1. The summed E-state index contributed by atoms with van der Waals surface area (Å²) in [5.41, 5.74) is 2.03. The van der Waals surface area contributed by atoms with Crippen molar-refractivity contribution in [3.63, 3.8) is 0 Å². The molecule has 0 aliphatic rings. The Morgan fingerprint density at radius 1 is 1.22 bits per heavy atom. The van der Waals surface area contributed by atoms with E-state index in [0.717, 1.165) is 23.3 Å². The SMILES string of the molecule is CCc1cc(C(C#N)CCOc2cccc(F)c2)ccc1OC. The lowest BCUT2D eigenvalue weighted by molar-refractivity contribution is 0.304. The van der Waals surface area contributed by atoms with Crippen LogP contribution >= 0.6 is 0 Å². The molecule has 0 saturated heterocycles. The zero-order valence-electron chi connectivity index (χ0n) is 13.4. The van der Waals surface area contributed by atoms with Gasteiger partial charge in [0.1, 0.15) is 17.3 Å². The van der Waals surface area contributed by atoms with Crippen LogP contribution in [-0.2, 0) is 6.42 Å². The molecule has 0 radical (unpaired) electrons. The number of nitrogens with zero attached hydrogens (tertiary/aromatic N) is 1. The summed E-state index contributed by atoms with van der Waals surface area (Å²) >= 11 is 0. The van der Waals surface area contributed by atoms with Gasteiger partial charge >= 0.3 is 0 Å². The van der Waals surface area contributed by atoms with Crippen molar-refractivity contribution in [1.82, 2.24) is 0 Å². The number of hydrogen-bond acceptors (Lipinski definition) is 3. The highest BCUT2D eigenvalue weighted by Crippen LogP contribution is 2.26. The monoisotopic (exact) mass is 313 g/mol. The van der Waals surface area contributed by atoms with Gasteiger partial charge in [0.15, 0.2) is 0 Å². The van der Waals surface area contributed by atoms with Crippen molar-refractivity contribution < 1.29 is 13.9 Å². The molecular weight excluding hydrogens is 293 g/mol. The second-order valence-corrected chi connectivity index (χ2v) is 5.20. The zero-order chi connectivity index (χ0) is 16.7. The summed E-state index contributed by atoms with van der Waals surface area (Å²) < 4.78 is 23.9. The fraction of sp³-hybridized carbons (Fsp3) is 0.316. The van der Waals surface area contributed by atoms with Crippen LogP contribution in [0.25, 0.3) is 0 Å². The third kappa shape index (κ3) is 4.46. The van der Waals surface area contributed by atoms with Crippen molar-refractivity contribution in [3.8, 4) is 17.6 Å². The van der Waals surface area contributed by atoms with Gasteiger partial charge < -0.3 is 9.47 Å². The lowest BCUT2D eigenvalue weighted by Crippen LogP contribution is -2.05. The number of halogens is 1. The Balaban J connectivity index is 2.01. The summed E-state index contributed by atoms with van der Waals surface area (Å²) in [7, 11) is 1.64. The molecule has 2 rings (SSSR count). The second-order valence-electron chi connectivity index (χ2n) is 5.20. The smallest absolute Gasteiger partial charge is 0.126 e. The molecule has 0 aliphatic carbocycles. The van der Waals surface area contributed by atoms with Gasteiger partial charge in [-0.1, -0.05) is 25.1 Å². The Morgan fingerprint density at radius 3 is 2.70 bits per heavy atom. The maximum Gasteiger partial charge on any atom is 0.126 e. The van der Waals surface area contributed by atoms with Crippen LogP contribution in [0.2, 0.25) is 0 Å². The molecule has 2 aromatic rings. The largest absolute Gasteiger partial charge is 0.496 e. The molecule has 0 amide bonds. The van der Waals surface area contributed by atoms with E-state index >= 15 is 0 Å². The highest BCUT2D eigenvalue weighted by molar-refractivity contribution is 5.40. The van der Waals surface area contributed by atoms with E-state index in [-0.39, 0.29) is 11.7 Å². The van der Waals surface area contributed by atoms with E-state index in [1.54, 1.807) is 19.2 Å². The van der Waals surface area contributed by atoms with E-state index in [1.807, 2.05) is 18.2 Å². The van der Waals surface area contributed by atoms with E-state index in [9.17, 15) is 9.65 Å². The molecule has 0 aromatic heterocycles. The number of methoxy groups -OCH3 is 1. The predicted molar refractivity (Wildman–Crippen MR) is 87.2 cm³/mol. The molecule has 120 valence electrons. The van der Waals surface area contributed by atoms with Crippen molar-refractivity contribution in [2.24, 2.45) is 0 Å². The van der Waals surface area contributed by atoms with Gasteiger partial charge in [0.2, 0.25) is 0 Å². The van der Waals surface area contributed by atoms with E-state index in [2.05, 4.69) is 13.0 Å². The minimum Gasteiger partial charge on any atom is -0.496 e. The molecule has 0 spiro atoms. The third-order valence-electron chi connectivity index (χ3n) is 3.71. The summed E-state index contributed by atoms with van der Waals surface area (Å²) in [6, 6.07) is 14.1. The molecule has 0 aliphatic heterocycles. The van der Waals surface area contributed by atoms with Crippen LogP contribution in [0.4, 0.5) is 4.39 Å². The number of aryl methyl sites for hydroxylation is 1. The van der Waals surface area contributed by atoms with Gasteiger partial charge in [-0.15, -0.1) is 0 Å². The van der Waals surface area contributed by atoms with Crippen LogP contribution in [0, 0.1) is 17.1 Å². The first-order valence-electron chi connectivity index (χ1n) is 7.62. The second kappa shape index (κ2) is 8.19. The summed E-state index contributed by atoms with van der Waals surface area (Å²) in [5.74, 6) is 0.719. The maximum atomic E-state index is 13.1. The van der Waals surface area contributed by atoms with Crippen LogP contribution in [-0.4, -0.2) is 13.7 Å². The molecule has 23 heavy (non-hydrogen) atoms. The fourth-order valence-corrected chi connectivity index (χ4v) is 2.45. The van der Waals surface area contributed by atoms with Gasteiger partial charge in [-0.3, -0.25) is 0 Å². The van der Waals surface area contributed by atoms with E-state index in [4.69, 9.17) is 9.47 Å². The summed E-state index contributed by atoms with van der Waals surface area (Å²) in [6.07, 6.45) is 1.39. The van der Waals surface area contributed by atoms with Crippen LogP contribution < -0.4 is 9.47 Å². The normalized spacial score (nSPS) is 11.6. The average Bonchev–Trinajstić information content (AvgIpc) is 2.58. The van der Waals surface area contributed by atoms with Crippen LogP contribution in [0.5, 0.6) is 11.5 Å². The molecule has 0 bridgehead atoms. The van der Waals surface area contributed by atoms with Crippen molar-refractivity contribution in [2.75, 3.05) is 13.7 Å². The molecule has 0 fully saturated rings. The van der Waals surface area contributed by atoms with Gasteiger partial charge in [0, 0.05) is 12.5 Å². The molecular formula is C19H20FNO2. The minimum absolute atomic E-state index is 0.264. The highest BCUT2D eigenvalue weighted by Gasteiger charge is 2.13. The molecule has 0 N–H and O–H groups in total. The molecule has 0 saturated carbocycles. The Hall–Kier alpha value is -2.54. The predicted octanol–water partition coefficient (Wildman–Crippen LogP) is 4.47. The zero-order valence-corrected chi connectivity index (χ0v) is 13.4. The quantitative estimate of drug-likeness (QED) is 0.757. The molecule has 3 nitrogen and oxygen atoms in total. The van der Waals surface area contributed by atoms with E-state index in [1.165, 1.54) is 12.1 Å². The van der Waals surface area contributed by atoms with E-state index in [0.29, 0.717) is 18.8 Å². The number of rotatable bonds is 7. The lowest BCUT2D eigenvalue weighted by atomic mass is 9.95. The van der Waals surface area contributed by atoms with Gasteiger partial charge in [-0.05, 0) is 35.7 Å². The first-order chi connectivity index (χ1) is 11.2. The Morgan fingerprint density at radius 2 is 2.04 bits per heavy atom. The van der Waals surface area contributed by atoms with Crippen molar-refractivity contribution in [3.05, 3.63) is 59.4 Å². The molecule has 4 heteroatoms. The molecule has 1 atom stereocenters. The maximum absolute atomic E-state index is 13.1. The first-order valence-corrected chi connectivity index (χ1v) is 7.62. The minimum atomic E-state index is -0.331. The summed E-state index contributed by atoms with van der Waals surface area (Å²) in [5, 5.41) is 9.41. The van der Waals surface area contributed by atoms with E-state index < -0.39 is 0 Å². The van der Waals surface area contributed by atoms with Crippen LogP contribution in [0.1, 0.15) is 30.4 Å². The number of benzene rings is 2. The Kier molecular flexibility index (Phi) is 5.99. The number of ether oxygens (including phenoxy) is 2. The molecule has 2 aromatic carbocycles. The third-order valence-corrected chi connectivity index (χ3v) is 3.71. The van der Waals surface area contributed by atoms with Gasteiger partial charge in [-0.25, -0.2) is 4.39 Å². The van der Waals surface area contributed by atoms with Gasteiger partial charge in [-0.2, -0.15) is 5.26 Å². The van der Waals surface area contributed by atoms with Gasteiger partial charge in [0.05, 0.1) is 25.7 Å². The fourth-order valence-electron chi connectivity index (χ4n) is 2.45. The summed E-state index contributed by atoms with van der Waals surface area (Å²) in [4.78, 5) is 0. The Labute approximate surface area is 136 Å². The molecule has 1 unspecified atom stereocenters.